The first kappa shape index (κ1) is 16.2. The number of piperidine rings is 1. The van der Waals surface area contributed by atoms with E-state index >= 15 is 0 Å². The smallest absolute Gasteiger partial charge is 0.301 e. The van der Waals surface area contributed by atoms with Crippen LogP contribution in [-0.4, -0.2) is 32.4 Å². The third-order valence-corrected chi connectivity index (χ3v) is 6.12. The van der Waals surface area contributed by atoms with Crippen LogP contribution in [0.3, 0.4) is 0 Å². The number of nitrogens with one attached hydrogen (secondary N) is 1. The van der Waals surface area contributed by atoms with Gasteiger partial charge in [-0.15, -0.1) is 0 Å². The number of rotatable bonds is 4. The lowest BCUT2D eigenvalue weighted by Crippen LogP contribution is -2.42. The molecule has 1 heterocycles. The molecule has 2 rings (SSSR count). The van der Waals surface area contributed by atoms with Crippen molar-refractivity contribution < 1.29 is 8.42 Å². The van der Waals surface area contributed by atoms with E-state index in [0.717, 1.165) is 17.3 Å². The summed E-state index contributed by atoms with van der Waals surface area (Å²) in [7, 11) is -3.52. The van der Waals surface area contributed by atoms with Gasteiger partial charge in [-0.25, -0.2) is 0 Å². The molecule has 0 aliphatic carbocycles. The number of benzene rings is 1. The molecule has 0 aromatic heterocycles. The first-order chi connectivity index (χ1) is 9.42. The molecule has 0 unspecified atom stereocenters. The normalized spacial score (nSPS) is 18.1. The molecule has 1 aliphatic heterocycles. The van der Waals surface area contributed by atoms with Gasteiger partial charge in [0.05, 0.1) is 5.69 Å². The molecule has 0 bridgehead atoms. The quantitative estimate of drug-likeness (QED) is 0.776. The van der Waals surface area contributed by atoms with E-state index in [9.17, 15) is 8.42 Å². The lowest BCUT2D eigenvalue weighted by molar-refractivity contribution is 0.280. The maximum atomic E-state index is 12.4. The van der Waals surface area contributed by atoms with Gasteiger partial charge >= 0.3 is 10.2 Å². The van der Waals surface area contributed by atoms with E-state index in [0.29, 0.717) is 35.7 Å². The van der Waals surface area contributed by atoms with E-state index in [-0.39, 0.29) is 0 Å². The minimum Gasteiger partial charge on any atom is -0.330 e. The molecule has 5 nitrogen and oxygen atoms in total. The van der Waals surface area contributed by atoms with Crippen molar-refractivity contribution in [3.63, 3.8) is 0 Å². The predicted octanol–water partition coefficient (Wildman–Crippen LogP) is 2.54. The molecule has 1 aromatic rings. The molecular weight excluding hydrogens is 410 g/mol. The average molecular weight is 427 g/mol. The highest BCUT2D eigenvalue weighted by molar-refractivity contribution is 9.11. The van der Waals surface area contributed by atoms with Crippen LogP contribution in [-0.2, 0) is 10.2 Å². The molecule has 0 radical (unpaired) electrons. The molecule has 0 saturated carbocycles. The van der Waals surface area contributed by atoms with Crippen molar-refractivity contribution in [3.8, 4) is 0 Å². The van der Waals surface area contributed by atoms with Crippen LogP contribution in [0.25, 0.3) is 0 Å². The Morgan fingerprint density at radius 3 is 2.55 bits per heavy atom. The monoisotopic (exact) mass is 425 g/mol. The molecule has 8 heteroatoms. The Kier molecular flexibility index (Phi) is 5.47. The van der Waals surface area contributed by atoms with Gasteiger partial charge in [-0.3, -0.25) is 4.72 Å². The van der Waals surface area contributed by atoms with Crippen LogP contribution in [0.1, 0.15) is 12.8 Å². The zero-order valence-electron chi connectivity index (χ0n) is 10.9. The maximum Gasteiger partial charge on any atom is 0.301 e. The van der Waals surface area contributed by atoms with Gasteiger partial charge in [0.25, 0.3) is 0 Å². The lowest BCUT2D eigenvalue weighted by Gasteiger charge is -2.30. The van der Waals surface area contributed by atoms with Crippen molar-refractivity contribution in [1.82, 2.24) is 4.31 Å². The molecule has 1 aromatic carbocycles. The van der Waals surface area contributed by atoms with Gasteiger partial charge in [-0.2, -0.15) is 12.7 Å². The van der Waals surface area contributed by atoms with Crippen molar-refractivity contribution >= 4 is 47.8 Å². The predicted molar refractivity (Wildman–Crippen MR) is 87.7 cm³/mol. The molecule has 0 spiro atoms. The Morgan fingerprint density at radius 1 is 1.30 bits per heavy atom. The van der Waals surface area contributed by atoms with E-state index in [1.807, 2.05) is 6.07 Å². The molecule has 1 fully saturated rings. The van der Waals surface area contributed by atoms with E-state index in [4.69, 9.17) is 5.73 Å². The summed E-state index contributed by atoms with van der Waals surface area (Å²) in [4.78, 5) is 0. The molecule has 1 aliphatic rings. The Bertz CT molecular complexity index is 572. The van der Waals surface area contributed by atoms with Gasteiger partial charge in [0, 0.05) is 22.0 Å². The third kappa shape index (κ3) is 3.94. The van der Waals surface area contributed by atoms with Crippen molar-refractivity contribution in [2.45, 2.75) is 12.8 Å². The minimum absolute atomic E-state index is 0.430. The zero-order chi connectivity index (χ0) is 14.8. The highest BCUT2D eigenvalue weighted by Gasteiger charge is 2.27. The first-order valence-electron chi connectivity index (χ1n) is 6.35. The van der Waals surface area contributed by atoms with Crippen LogP contribution >= 0.6 is 31.9 Å². The largest absolute Gasteiger partial charge is 0.330 e. The Morgan fingerprint density at radius 2 is 1.95 bits per heavy atom. The fourth-order valence-electron chi connectivity index (χ4n) is 2.16. The number of hydrogen-bond acceptors (Lipinski definition) is 3. The Hall–Kier alpha value is -0.150. The summed E-state index contributed by atoms with van der Waals surface area (Å²) in [5.74, 6) is 0.430. The summed E-state index contributed by atoms with van der Waals surface area (Å²) < 4.78 is 30.3. The van der Waals surface area contributed by atoms with Gasteiger partial charge in [0.2, 0.25) is 0 Å². The highest BCUT2D eigenvalue weighted by Crippen LogP contribution is 2.28. The average Bonchev–Trinajstić information content (AvgIpc) is 2.43. The second-order valence-corrected chi connectivity index (χ2v) is 8.25. The van der Waals surface area contributed by atoms with Crippen molar-refractivity contribution in [2.24, 2.45) is 11.7 Å². The minimum atomic E-state index is -3.52. The number of hydrogen-bond donors (Lipinski definition) is 2. The standard InChI is InChI=1S/C12H17Br2N3O2S/c13-10-1-2-11(14)12(7-10)16-20(18,19)17-5-3-9(8-15)4-6-17/h1-2,7,9,16H,3-6,8,15H2. The molecule has 0 amide bonds. The molecule has 0 atom stereocenters. The third-order valence-electron chi connectivity index (χ3n) is 3.41. The summed E-state index contributed by atoms with van der Waals surface area (Å²) >= 11 is 6.68. The zero-order valence-corrected chi connectivity index (χ0v) is 14.8. The van der Waals surface area contributed by atoms with E-state index in [1.54, 1.807) is 12.1 Å². The Labute approximate surface area is 136 Å². The number of nitrogens with two attached hydrogens (primary N) is 1. The second-order valence-electron chi connectivity index (χ2n) is 4.81. The van der Waals surface area contributed by atoms with E-state index in [2.05, 4.69) is 36.6 Å². The SMILES string of the molecule is NCC1CCN(S(=O)(=O)Nc2cc(Br)ccc2Br)CC1. The summed E-state index contributed by atoms with van der Waals surface area (Å²) in [6, 6.07) is 5.37. The summed E-state index contributed by atoms with van der Waals surface area (Å²) in [6.45, 7) is 1.66. The summed E-state index contributed by atoms with van der Waals surface area (Å²) in [5.41, 5.74) is 6.15. The summed E-state index contributed by atoms with van der Waals surface area (Å²) in [5, 5.41) is 0. The summed E-state index contributed by atoms with van der Waals surface area (Å²) in [6.07, 6.45) is 1.63. The van der Waals surface area contributed by atoms with Gasteiger partial charge < -0.3 is 5.73 Å². The second kappa shape index (κ2) is 6.74. The van der Waals surface area contributed by atoms with Crippen LogP contribution in [0.5, 0.6) is 0 Å². The molecular formula is C12H17Br2N3O2S. The fourth-order valence-corrected chi connectivity index (χ4v) is 4.27. The Balaban J connectivity index is 2.10. The maximum absolute atomic E-state index is 12.4. The van der Waals surface area contributed by atoms with Crippen LogP contribution in [0.15, 0.2) is 27.1 Å². The molecule has 20 heavy (non-hydrogen) atoms. The van der Waals surface area contributed by atoms with E-state index < -0.39 is 10.2 Å². The van der Waals surface area contributed by atoms with Crippen LogP contribution in [0.4, 0.5) is 5.69 Å². The fraction of sp³-hybridized carbons (Fsp3) is 0.500. The van der Waals surface area contributed by atoms with Crippen LogP contribution in [0.2, 0.25) is 0 Å². The molecule has 3 N–H and O–H groups in total. The number of anilines is 1. The first-order valence-corrected chi connectivity index (χ1v) is 9.38. The highest BCUT2D eigenvalue weighted by atomic mass is 79.9. The van der Waals surface area contributed by atoms with Crippen LogP contribution < -0.4 is 10.5 Å². The van der Waals surface area contributed by atoms with Gasteiger partial charge in [-0.1, -0.05) is 15.9 Å². The topological polar surface area (TPSA) is 75.4 Å². The van der Waals surface area contributed by atoms with Crippen molar-refractivity contribution in [1.29, 1.82) is 0 Å². The lowest BCUT2D eigenvalue weighted by atomic mass is 9.99. The number of nitrogens with zero attached hydrogens (tertiary/aromatic N) is 1. The van der Waals surface area contributed by atoms with Gasteiger partial charge in [-0.05, 0) is 59.4 Å². The van der Waals surface area contributed by atoms with Gasteiger partial charge in [0.15, 0.2) is 0 Å². The number of halogens is 2. The van der Waals surface area contributed by atoms with Crippen molar-refractivity contribution in [2.75, 3.05) is 24.4 Å². The molecule has 112 valence electrons. The van der Waals surface area contributed by atoms with Gasteiger partial charge in [0.1, 0.15) is 0 Å². The van der Waals surface area contributed by atoms with E-state index in [1.165, 1.54) is 4.31 Å². The molecule has 1 saturated heterocycles. The van der Waals surface area contributed by atoms with Crippen molar-refractivity contribution in [3.05, 3.63) is 27.1 Å². The van der Waals surface area contributed by atoms with Crippen LogP contribution in [0, 0.1) is 5.92 Å².